The first-order valence-corrected chi connectivity index (χ1v) is 5.53. The highest BCUT2D eigenvalue weighted by Crippen LogP contribution is 2.29. The molecule has 3 nitrogen and oxygen atoms in total. The number of nitrogens with zero attached hydrogens (tertiary/aromatic N) is 1. The Bertz CT molecular complexity index is 552. The Morgan fingerprint density at radius 3 is 2.67 bits per heavy atom. The lowest BCUT2D eigenvalue weighted by Gasteiger charge is -2.10. The molecule has 0 saturated carbocycles. The summed E-state index contributed by atoms with van der Waals surface area (Å²) in [7, 11) is 1.72. The normalized spacial score (nSPS) is 10.2. The standard InChI is InChI=1S/C12H10ClF2N3/c1-16-11-6-8(2-3-17-11)18-12-9(13)4-7(14)5-10(12)15/h2-6H,1H3,(H2,16,17,18). The molecule has 1 aromatic heterocycles. The fraction of sp³-hybridized carbons (Fsp3) is 0.0833. The number of nitrogens with one attached hydrogen (secondary N) is 2. The number of rotatable bonds is 3. The van der Waals surface area contributed by atoms with Gasteiger partial charge in [-0.15, -0.1) is 0 Å². The van der Waals surface area contributed by atoms with Crippen molar-refractivity contribution in [2.24, 2.45) is 0 Å². The molecule has 94 valence electrons. The summed E-state index contributed by atoms with van der Waals surface area (Å²) in [6, 6.07) is 5.15. The minimum absolute atomic E-state index is 0.0182. The van der Waals surface area contributed by atoms with Crippen molar-refractivity contribution in [2.75, 3.05) is 17.7 Å². The Morgan fingerprint density at radius 1 is 1.22 bits per heavy atom. The van der Waals surface area contributed by atoms with E-state index in [1.165, 1.54) is 0 Å². The zero-order chi connectivity index (χ0) is 13.1. The molecular weight excluding hydrogens is 260 g/mol. The van der Waals surface area contributed by atoms with Crippen molar-refractivity contribution in [3.63, 3.8) is 0 Å². The summed E-state index contributed by atoms with van der Waals surface area (Å²) in [5.41, 5.74) is 0.632. The molecule has 0 radical (unpaired) electrons. The van der Waals surface area contributed by atoms with Crippen LogP contribution in [0, 0.1) is 11.6 Å². The Hall–Kier alpha value is -1.88. The highest BCUT2D eigenvalue weighted by Gasteiger charge is 2.10. The van der Waals surface area contributed by atoms with Crippen LogP contribution in [0.4, 0.5) is 26.0 Å². The molecule has 0 aliphatic rings. The van der Waals surface area contributed by atoms with Gasteiger partial charge in [0.25, 0.3) is 0 Å². The monoisotopic (exact) mass is 269 g/mol. The van der Waals surface area contributed by atoms with Crippen molar-refractivity contribution in [1.29, 1.82) is 0 Å². The molecule has 18 heavy (non-hydrogen) atoms. The largest absolute Gasteiger partial charge is 0.373 e. The van der Waals surface area contributed by atoms with Gasteiger partial charge in [0.1, 0.15) is 11.6 Å². The predicted octanol–water partition coefficient (Wildman–Crippen LogP) is 3.80. The van der Waals surface area contributed by atoms with Gasteiger partial charge in [0, 0.05) is 31.1 Å². The third-order valence-corrected chi connectivity index (χ3v) is 2.59. The van der Waals surface area contributed by atoms with Crippen molar-refractivity contribution >= 4 is 28.8 Å². The van der Waals surface area contributed by atoms with E-state index >= 15 is 0 Å². The van der Waals surface area contributed by atoms with E-state index in [4.69, 9.17) is 11.6 Å². The van der Waals surface area contributed by atoms with Gasteiger partial charge in [-0.2, -0.15) is 0 Å². The molecule has 0 amide bonds. The molecule has 0 atom stereocenters. The number of hydrogen-bond donors (Lipinski definition) is 2. The average Bonchev–Trinajstić information content (AvgIpc) is 2.34. The zero-order valence-electron chi connectivity index (χ0n) is 9.47. The summed E-state index contributed by atoms with van der Waals surface area (Å²) in [6.07, 6.45) is 1.56. The number of hydrogen-bond acceptors (Lipinski definition) is 3. The minimum Gasteiger partial charge on any atom is -0.373 e. The third kappa shape index (κ3) is 2.68. The van der Waals surface area contributed by atoms with Crippen molar-refractivity contribution < 1.29 is 8.78 Å². The lowest BCUT2D eigenvalue weighted by atomic mass is 10.2. The minimum atomic E-state index is -0.747. The fourth-order valence-electron chi connectivity index (χ4n) is 1.45. The molecule has 0 aliphatic carbocycles. The summed E-state index contributed by atoms with van der Waals surface area (Å²) < 4.78 is 26.5. The topological polar surface area (TPSA) is 37.0 Å². The molecule has 0 fully saturated rings. The molecule has 1 heterocycles. The highest BCUT2D eigenvalue weighted by molar-refractivity contribution is 6.33. The first kappa shape index (κ1) is 12.6. The van der Waals surface area contributed by atoms with Crippen LogP contribution in [0.15, 0.2) is 30.5 Å². The van der Waals surface area contributed by atoms with E-state index in [0.29, 0.717) is 11.5 Å². The lowest BCUT2D eigenvalue weighted by Crippen LogP contribution is -1.98. The Kier molecular flexibility index (Phi) is 3.62. The second-order valence-electron chi connectivity index (χ2n) is 3.55. The molecule has 0 spiro atoms. The van der Waals surface area contributed by atoms with Crippen LogP contribution < -0.4 is 10.6 Å². The van der Waals surface area contributed by atoms with Crippen LogP contribution in [0.5, 0.6) is 0 Å². The molecule has 0 aliphatic heterocycles. The molecule has 1 aromatic carbocycles. The maximum absolute atomic E-state index is 13.6. The van der Waals surface area contributed by atoms with E-state index in [2.05, 4.69) is 15.6 Å². The molecule has 6 heteroatoms. The van der Waals surface area contributed by atoms with Crippen molar-refractivity contribution in [3.05, 3.63) is 47.1 Å². The van der Waals surface area contributed by atoms with Crippen molar-refractivity contribution in [2.45, 2.75) is 0 Å². The second-order valence-corrected chi connectivity index (χ2v) is 3.96. The third-order valence-electron chi connectivity index (χ3n) is 2.29. The van der Waals surface area contributed by atoms with E-state index in [-0.39, 0.29) is 10.7 Å². The molecule has 2 rings (SSSR count). The van der Waals surface area contributed by atoms with E-state index in [0.717, 1.165) is 12.1 Å². The van der Waals surface area contributed by atoms with Crippen LogP contribution in [0.3, 0.4) is 0 Å². The van der Waals surface area contributed by atoms with Gasteiger partial charge in [-0.25, -0.2) is 13.8 Å². The predicted molar refractivity (Wildman–Crippen MR) is 68.4 cm³/mol. The number of aromatic nitrogens is 1. The van der Waals surface area contributed by atoms with Crippen LogP contribution in [-0.2, 0) is 0 Å². The Balaban J connectivity index is 2.33. The molecule has 2 N–H and O–H groups in total. The van der Waals surface area contributed by atoms with Gasteiger partial charge in [0.05, 0.1) is 10.7 Å². The summed E-state index contributed by atoms with van der Waals surface area (Å²) in [5.74, 6) is -0.838. The van der Waals surface area contributed by atoms with Gasteiger partial charge in [0.15, 0.2) is 5.82 Å². The Morgan fingerprint density at radius 2 is 2.00 bits per heavy atom. The summed E-state index contributed by atoms with van der Waals surface area (Å²) >= 11 is 5.78. The molecule has 0 unspecified atom stereocenters. The van der Waals surface area contributed by atoms with Crippen LogP contribution in [0.2, 0.25) is 5.02 Å². The van der Waals surface area contributed by atoms with Gasteiger partial charge in [-0.05, 0) is 12.1 Å². The Labute approximate surface area is 108 Å². The highest BCUT2D eigenvalue weighted by atomic mass is 35.5. The van der Waals surface area contributed by atoms with Crippen LogP contribution in [-0.4, -0.2) is 12.0 Å². The van der Waals surface area contributed by atoms with Gasteiger partial charge >= 0.3 is 0 Å². The van der Waals surface area contributed by atoms with E-state index in [1.54, 1.807) is 25.4 Å². The number of benzene rings is 1. The summed E-state index contributed by atoms with van der Waals surface area (Å²) in [4.78, 5) is 4.02. The molecule has 0 saturated heterocycles. The van der Waals surface area contributed by atoms with Crippen molar-refractivity contribution in [3.8, 4) is 0 Å². The molecule has 2 aromatic rings. The average molecular weight is 270 g/mol. The summed E-state index contributed by atoms with van der Waals surface area (Å²) in [5, 5.41) is 5.62. The van der Waals surface area contributed by atoms with Crippen molar-refractivity contribution in [1.82, 2.24) is 4.98 Å². The van der Waals surface area contributed by atoms with Crippen LogP contribution >= 0.6 is 11.6 Å². The van der Waals surface area contributed by atoms with Gasteiger partial charge in [0.2, 0.25) is 0 Å². The first-order chi connectivity index (χ1) is 8.60. The van der Waals surface area contributed by atoms with E-state index in [9.17, 15) is 8.78 Å². The number of anilines is 3. The number of pyridine rings is 1. The smallest absolute Gasteiger partial charge is 0.151 e. The number of halogens is 3. The van der Waals surface area contributed by atoms with Gasteiger partial charge in [-0.3, -0.25) is 0 Å². The maximum atomic E-state index is 13.6. The molecular formula is C12H10ClF2N3. The molecule has 0 bridgehead atoms. The zero-order valence-corrected chi connectivity index (χ0v) is 10.2. The fourth-order valence-corrected chi connectivity index (χ4v) is 1.69. The second kappa shape index (κ2) is 5.18. The van der Waals surface area contributed by atoms with Crippen LogP contribution in [0.1, 0.15) is 0 Å². The lowest BCUT2D eigenvalue weighted by molar-refractivity contribution is 0.586. The SMILES string of the molecule is CNc1cc(Nc2c(F)cc(F)cc2Cl)ccn1. The van der Waals surface area contributed by atoms with Gasteiger partial charge in [-0.1, -0.05) is 11.6 Å². The quantitative estimate of drug-likeness (QED) is 0.890. The summed E-state index contributed by atoms with van der Waals surface area (Å²) in [6.45, 7) is 0. The van der Waals surface area contributed by atoms with Crippen LogP contribution in [0.25, 0.3) is 0 Å². The van der Waals surface area contributed by atoms with Gasteiger partial charge < -0.3 is 10.6 Å². The van der Waals surface area contributed by atoms with E-state index in [1.807, 2.05) is 0 Å². The first-order valence-electron chi connectivity index (χ1n) is 5.15. The maximum Gasteiger partial charge on any atom is 0.151 e. The van der Waals surface area contributed by atoms with E-state index < -0.39 is 11.6 Å².